The Kier molecular flexibility index (Phi) is 16.6. The van der Waals surface area contributed by atoms with Crippen molar-refractivity contribution in [3.63, 3.8) is 0 Å². The molecule has 3 aliphatic rings. The van der Waals surface area contributed by atoms with Crippen LogP contribution in [0, 0.1) is 6.92 Å². The number of nitrogens with two attached hydrogens (primary N) is 1. The van der Waals surface area contributed by atoms with Gasteiger partial charge in [0.25, 0.3) is 5.91 Å². The van der Waals surface area contributed by atoms with Gasteiger partial charge in [0.2, 0.25) is 0 Å². The first-order valence-corrected chi connectivity index (χ1v) is 19.3. The smallest absolute Gasteiger partial charge is 0.315 e. The van der Waals surface area contributed by atoms with Crippen LogP contribution < -0.4 is 31.3 Å². The van der Waals surface area contributed by atoms with Gasteiger partial charge in [0.15, 0.2) is 22.5 Å². The maximum Gasteiger partial charge on any atom is 0.315 e. The second-order valence-electron chi connectivity index (χ2n) is 13.5. The monoisotopic (exact) mass is 749 g/mol. The zero-order valence-electron chi connectivity index (χ0n) is 30.4. The molecule has 15 heteroatoms. The van der Waals surface area contributed by atoms with Crippen molar-refractivity contribution >= 4 is 46.8 Å². The van der Waals surface area contributed by atoms with Gasteiger partial charge in [-0.1, -0.05) is 62.4 Å². The van der Waals surface area contributed by atoms with E-state index in [1.807, 2.05) is 19.1 Å². The van der Waals surface area contributed by atoms with E-state index in [2.05, 4.69) is 54.5 Å². The number of amides is 3. The third kappa shape index (κ3) is 12.2. The Balaban J connectivity index is 0.000000244. The molecule has 0 bridgehead atoms. The summed E-state index contributed by atoms with van der Waals surface area (Å²) in [5.74, 6) is 0.855. The van der Waals surface area contributed by atoms with E-state index < -0.39 is 5.91 Å². The molecule has 1 aliphatic carbocycles. The number of carbonyl (C=O) groups is 2. The number of aromatic nitrogens is 2. The molecular formula is C36H57Cl2N9O4. The van der Waals surface area contributed by atoms with Gasteiger partial charge in [0.1, 0.15) is 12.4 Å². The molecule has 0 spiro atoms. The first-order chi connectivity index (χ1) is 24.6. The minimum atomic E-state index is -0.489. The summed E-state index contributed by atoms with van der Waals surface area (Å²) in [7, 11) is 0. The van der Waals surface area contributed by atoms with Crippen molar-refractivity contribution in [3.8, 4) is 5.75 Å². The number of aliphatic hydroxyl groups excluding tert-OH is 1. The molecule has 0 radical (unpaired) electrons. The molecule has 3 fully saturated rings. The highest BCUT2D eigenvalue weighted by Crippen LogP contribution is 2.30. The van der Waals surface area contributed by atoms with Crippen LogP contribution >= 0.6 is 23.2 Å². The van der Waals surface area contributed by atoms with Crippen LogP contribution in [0.15, 0.2) is 18.2 Å². The number of aryl methyl sites for hydroxylation is 1. The number of hydrogen-bond acceptors (Lipinski definition) is 10. The predicted octanol–water partition coefficient (Wildman–Crippen LogP) is 4.48. The Morgan fingerprint density at radius 1 is 1.00 bits per heavy atom. The Bertz CT molecular complexity index is 1410. The van der Waals surface area contributed by atoms with E-state index in [1.165, 1.54) is 45.2 Å². The van der Waals surface area contributed by atoms with Crippen molar-refractivity contribution in [1.29, 1.82) is 0 Å². The van der Waals surface area contributed by atoms with E-state index in [9.17, 15) is 9.59 Å². The topological polar surface area (TPSA) is 161 Å². The van der Waals surface area contributed by atoms with Crippen molar-refractivity contribution in [1.82, 2.24) is 35.7 Å². The van der Waals surface area contributed by atoms with Crippen LogP contribution in [-0.2, 0) is 0 Å². The number of carbonyl (C=O) groups excluding carboxylic acids is 2. The number of rotatable bonds is 12. The van der Waals surface area contributed by atoms with Gasteiger partial charge in [0.05, 0.1) is 13.2 Å². The highest BCUT2D eigenvalue weighted by atomic mass is 35.5. The van der Waals surface area contributed by atoms with E-state index in [0.717, 1.165) is 56.8 Å². The largest absolute Gasteiger partial charge is 0.491 e. The SMILES string of the molecule is CC[C@H]1CN(c2nc(N)c(C(=O)NCCO)nc2Cl)CCN1C1CCN(CC)CC1.Cc1ccc(Cl)cc1OCCNC(=O)NC1CCCCC1. The number of nitrogens with one attached hydrogen (secondary N) is 3. The van der Waals surface area contributed by atoms with Crippen LogP contribution in [0.2, 0.25) is 10.2 Å². The van der Waals surface area contributed by atoms with Crippen LogP contribution in [0.4, 0.5) is 16.4 Å². The average Bonchev–Trinajstić information content (AvgIpc) is 3.15. The molecule has 51 heavy (non-hydrogen) atoms. The minimum absolute atomic E-state index is 0.00874. The number of hydrogen-bond donors (Lipinski definition) is 5. The summed E-state index contributed by atoms with van der Waals surface area (Å²) in [4.78, 5) is 39.8. The molecule has 3 heterocycles. The second-order valence-corrected chi connectivity index (χ2v) is 14.3. The number of ether oxygens (including phenoxy) is 1. The lowest BCUT2D eigenvalue weighted by molar-refractivity contribution is 0.0647. The van der Waals surface area contributed by atoms with Crippen molar-refractivity contribution < 1.29 is 19.4 Å². The molecule has 0 unspecified atom stereocenters. The Morgan fingerprint density at radius 2 is 1.75 bits per heavy atom. The fourth-order valence-corrected chi connectivity index (χ4v) is 7.46. The Labute approximate surface area is 313 Å². The number of anilines is 2. The molecule has 1 atom stereocenters. The average molecular weight is 751 g/mol. The Morgan fingerprint density at radius 3 is 2.43 bits per heavy atom. The molecule has 1 saturated carbocycles. The number of benzene rings is 1. The molecule has 2 aromatic rings. The zero-order chi connectivity index (χ0) is 36.8. The van der Waals surface area contributed by atoms with Crippen molar-refractivity contribution in [2.75, 3.05) is 76.2 Å². The molecular weight excluding hydrogens is 693 g/mol. The van der Waals surface area contributed by atoms with Crippen molar-refractivity contribution in [2.45, 2.75) is 90.3 Å². The maximum atomic E-state index is 12.1. The van der Waals surface area contributed by atoms with E-state index in [-0.39, 0.29) is 35.8 Å². The van der Waals surface area contributed by atoms with E-state index >= 15 is 0 Å². The van der Waals surface area contributed by atoms with Gasteiger partial charge in [-0.15, -0.1) is 0 Å². The molecule has 284 valence electrons. The van der Waals surface area contributed by atoms with Crippen LogP contribution in [0.5, 0.6) is 5.75 Å². The third-order valence-corrected chi connectivity index (χ3v) is 10.5. The maximum absolute atomic E-state index is 12.1. The molecule has 2 aliphatic heterocycles. The highest BCUT2D eigenvalue weighted by molar-refractivity contribution is 6.32. The lowest BCUT2D eigenvalue weighted by Gasteiger charge is -2.47. The number of nitrogen functional groups attached to an aromatic ring is 1. The standard InChI is InChI=1S/C20H34ClN7O2.C16H23ClN2O2/c1-3-14-13-27(10-11-28(14)15-5-8-26(4-2)9-6-15)19-17(21)24-16(18(22)25-19)20(30)23-7-12-29;1-12-7-8-13(17)11-15(12)21-10-9-18-16(20)19-14-5-3-2-4-6-14/h14-15,29H,3-13H2,1-2H3,(H2,22,25)(H,23,30);7-8,11,14H,2-6,9-10H2,1H3,(H2,18,19,20)/t14-;/m0./s1. The first-order valence-electron chi connectivity index (χ1n) is 18.5. The summed E-state index contributed by atoms with van der Waals surface area (Å²) < 4.78 is 5.63. The second kappa shape index (κ2) is 20.8. The molecule has 6 N–H and O–H groups in total. The van der Waals surface area contributed by atoms with Crippen molar-refractivity contribution in [2.24, 2.45) is 0 Å². The fraction of sp³-hybridized carbons (Fsp3) is 0.667. The van der Waals surface area contributed by atoms with E-state index in [4.69, 9.17) is 38.8 Å². The van der Waals surface area contributed by atoms with Gasteiger partial charge < -0.3 is 41.3 Å². The van der Waals surface area contributed by atoms with E-state index in [0.29, 0.717) is 42.1 Å². The van der Waals surface area contributed by atoms with Crippen molar-refractivity contribution in [3.05, 3.63) is 39.6 Å². The summed E-state index contributed by atoms with van der Waals surface area (Å²) in [5.41, 5.74) is 7.03. The lowest BCUT2D eigenvalue weighted by atomic mass is 9.96. The van der Waals surface area contributed by atoms with Crippen LogP contribution in [0.25, 0.3) is 0 Å². The summed E-state index contributed by atoms with van der Waals surface area (Å²) >= 11 is 12.3. The summed E-state index contributed by atoms with van der Waals surface area (Å²) in [6, 6.07) is 6.82. The first kappa shape index (κ1) is 40.7. The normalized spacial score (nSPS) is 19.2. The number of piperidine rings is 1. The quantitative estimate of drug-likeness (QED) is 0.196. The summed E-state index contributed by atoms with van der Waals surface area (Å²) in [6.07, 6.45) is 9.37. The molecule has 3 amide bonds. The van der Waals surface area contributed by atoms with Gasteiger partial charge in [-0.25, -0.2) is 14.8 Å². The molecule has 5 rings (SSSR count). The summed E-state index contributed by atoms with van der Waals surface area (Å²) in [5, 5.41) is 18.1. The van der Waals surface area contributed by atoms with Gasteiger partial charge in [-0.05, 0) is 76.4 Å². The highest BCUT2D eigenvalue weighted by Gasteiger charge is 2.34. The fourth-order valence-electron chi connectivity index (χ4n) is 7.05. The zero-order valence-corrected chi connectivity index (χ0v) is 31.9. The number of likely N-dealkylation sites (tertiary alicyclic amines) is 1. The number of aliphatic hydroxyl groups is 1. The predicted molar refractivity (Wildman–Crippen MR) is 204 cm³/mol. The number of piperazine rings is 1. The Hall–Kier alpha value is -3.10. The molecule has 1 aromatic carbocycles. The number of nitrogens with zero attached hydrogens (tertiary/aromatic N) is 5. The van der Waals surface area contributed by atoms with Gasteiger partial charge >= 0.3 is 6.03 Å². The number of halogens is 2. The van der Waals surface area contributed by atoms with Gasteiger partial charge in [-0.3, -0.25) is 9.69 Å². The van der Waals surface area contributed by atoms with Crippen LogP contribution in [0.1, 0.15) is 81.3 Å². The van der Waals surface area contributed by atoms with Gasteiger partial charge in [-0.2, -0.15) is 0 Å². The van der Waals surface area contributed by atoms with Crippen LogP contribution in [-0.4, -0.2) is 121 Å². The molecule has 13 nitrogen and oxygen atoms in total. The summed E-state index contributed by atoms with van der Waals surface area (Å²) in [6.45, 7) is 13.3. The third-order valence-electron chi connectivity index (χ3n) is 9.98. The number of urea groups is 1. The minimum Gasteiger partial charge on any atom is -0.491 e. The molecule has 1 aromatic heterocycles. The van der Waals surface area contributed by atoms with E-state index in [1.54, 1.807) is 6.07 Å². The van der Waals surface area contributed by atoms with Gasteiger partial charge in [0, 0.05) is 49.3 Å². The molecule has 2 saturated heterocycles. The van der Waals surface area contributed by atoms with Crippen LogP contribution in [0.3, 0.4) is 0 Å². The lowest BCUT2D eigenvalue weighted by Crippen LogP contribution is -2.58.